The summed E-state index contributed by atoms with van der Waals surface area (Å²) in [4.78, 5) is 0. The highest BCUT2D eigenvalue weighted by Crippen LogP contribution is 2.32. The molecule has 0 bridgehead atoms. The van der Waals surface area contributed by atoms with Gasteiger partial charge < -0.3 is 0 Å². The van der Waals surface area contributed by atoms with E-state index in [-0.39, 0.29) is 0 Å². The molecule has 1 heterocycles. The van der Waals surface area contributed by atoms with E-state index in [0.717, 1.165) is 12.5 Å². The van der Waals surface area contributed by atoms with Crippen LogP contribution in [0.3, 0.4) is 0 Å². The molecule has 1 spiro atoms. The van der Waals surface area contributed by atoms with Crippen molar-refractivity contribution in [3.05, 3.63) is 0 Å². The van der Waals surface area contributed by atoms with E-state index in [1.54, 1.807) is 0 Å². The van der Waals surface area contributed by atoms with Crippen molar-refractivity contribution in [3.63, 3.8) is 0 Å². The number of nitrogens with one attached hydrogen (secondary N) is 2. The van der Waals surface area contributed by atoms with Crippen LogP contribution in [0.15, 0.2) is 0 Å². The highest BCUT2D eigenvalue weighted by molar-refractivity contribution is 4.97. The molecular weight excluding hydrogens is 148 g/mol. The molecule has 0 aromatic carbocycles. The largest absolute Gasteiger partial charge is 0.298 e. The van der Waals surface area contributed by atoms with E-state index < -0.39 is 0 Å². The van der Waals surface area contributed by atoms with Crippen LogP contribution in [0.5, 0.6) is 0 Å². The second kappa shape index (κ2) is 3.00. The number of hydrogen-bond donors (Lipinski definition) is 2. The van der Waals surface area contributed by atoms with Crippen LogP contribution in [-0.2, 0) is 0 Å². The smallest absolute Gasteiger partial charge is 0.0692 e. The molecule has 0 unspecified atom stereocenters. The van der Waals surface area contributed by atoms with Gasteiger partial charge in [0, 0.05) is 12.6 Å². The van der Waals surface area contributed by atoms with Crippen molar-refractivity contribution in [2.45, 2.75) is 51.2 Å². The van der Waals surface area contributed by atoms with Gasteiger partial charge >= 0.3 is 0 Å². The lowest BCUT2D eigenvalue weighted by atomic mass is 9.82. The zero-order valence-corrected chi connectivity index (χ0v) is 8.19. The number of rotatable bonds is 0. The van der Waals surface area contributed by atoms with Crippen LogP contribution in [0.1, 0.15) is 39.5 Å². The summed E-state index contributed by atoms with van der Waals surface area (Å²) in [6.07, 6.45) is 5.44. The summed E-state index contributed by atoms with van der Waals surface area (Å²) in [6.45, 7) is 5.78. The van der Waals surface area contributed by atoms with Crippen LogP contribution in [0.25, 0.3) is 0 Å². The topological polar surface area (TPSA) is 24.1 Å². The van der Waals surface area contributed by atoms with Crippen LogP contribution in [0.2, 0.25) is 0 Å². The second-order valence-corrected chi connectivity index (χ2v) is 4.71. The minimum atomic E-state index is 0.317. The van der Waals surface area contributed by atoms with E-state index in [4.69, 9.17) is 0 Å². The third kappa shape index (κ3) is 1.50. The second-order valence-electron chi connectivity index (χ2n) is 4.71. The van der Waals surface area contributed by atoms with Gasteiger partial charge in [-0.05, 0) is 25.7 Å². The molecule has 1 saturated carbocycles. The van der Waals surface area contributed by atoms with Crippen molar-refractivity contribution in [1.82, 2.24) is 10.6 Å². The molecule has 2 fully saturated rings. The Bertz CT molecular complexity index is 165. The average molecular weight is 168 g/mol. The van der Waals surface area contributed by atoms with Crippen molar-refractivity contribution in [2.75, 3.05) is 6.54 Å². The summed E-state index contributed by atoms with van der Waals surface area (Å²) in [5.41, 5.74) is 0.317. The van der Waals surface area contributed by atoms with E-state index in [9.17, 15) is 0 Å². The van der Waals surface area contributed by atoms with Gasteiger partial charge in [-0.2, -0.15) is 0 Å². The van der Waals surface area contributed by atoms with E-state index in [2.05, 4.69) is 24.5 Å². The predicted octanol–water partition coefficient (Wildman–Crippen LogP) is 1.47. The Morgan fingerprint density at radius 1 is 1.33 bits per heavy atom. The first-order valence-electron chi connectivity index (χ1n) is 5.23. The zero-order valence-electron chi connectivity index (χ0n) is 8.19. The van der Waals surface area contributed by atoms with Gasteiger partial charge in [0.1, 0.15) is 0 Å². The molecular formula is C10H20N2. The Morgan fingerprint density at radius 2 is 2.17 bits per heavy atom. The Balaban J connectivity index is 2.00. The molecule has 70 valence electrons. The maximum absolute atomic E-state index is 3.69. The Labute approximate surface area is 75.1 Å². The molecule has 1 aliphatic heterocycles. The van der Waals surface area contributed by atoms with E-state index in [0.29, 0.717) is 11.7 Å². The standard InChI is InChI=1S/C10H20N2/c1-8-4-3-5-10(6-8)11-7-9(2)12-10/h8-9,11-12H,3-7H2,1-2H3/t8-,9+,10-/m0/s1. The molecule has 2 aliphatic rings. The highest BCUT2D eigenvalue weighted by atomic mass is 15.3. The molecule has 2 heteroatoms. The van der Waals surface area contributed by atoms with Crippen LogP contribution < -0.4 is 10.6 Å². The summed E-state index contributed by atoms with van der Waals surface area (Å²) >= 11 is 0. The Morgan fingerprint density at radius 3 is 2.75 bits per heavy atom. The monoisotopic (exact) mass is 168 g/mol. The normalized spacial score (nSPS) is 48.5. The molecule has 2 rings (SSSR count). The molecule has 2 N–H and O–H groups in total. The Hall–Kier alpha value is -0.0800. The molecule has 2 nitrogen and oxygen atoms in total. The van der Waals surface area contributed by atoms with Crippen LogP contribution in [0.4, 0.5) is 0 Å². The van der Waals surface area contributed by atoms with Gasteiger partial charge in [-0.15, -0.1) is 0 Å². The van der Waals surface area contributed by atoms with E-state index in [1.165, 1.54) is 25.7 Å². The summed E-state index contributed by atoms with van der Waals surface area (Å²) in [6, 6.07) is 0.662. The molecule has 0 amide bonds. The maximum atomic E-state index is 3.69. The van der Waals surface area contributed by atoms with Crippen molar-refractivity contribution >= 4 is 0 Å². The predicted molar refractivity (Wildman–Crippen MR) is 51.0 cm³/mol. The van der Waals surface area contributed by atoms with Crippen molar-refractivity contribution < 1.29 is 0 Å². The van der Waals surface area contributed by atoms with E-state index >= 15 is 0 Å². The van der Waals surface area contributed by atoms with Gasteiger partial charge in [-0.3, -0.25) is 10.6 Å². The molecule has 1 aliphatic carbocycles. The average Bonchev–Trinajstić information content (AvgIpc) is 2.32. The van der Waals surface area contributed by atoms with Gasteiger partial charge in [0.15, 0.2) is 0 Å². The summed E-state index contributed by atoms with van der Waals surface area (Å²) in [5, 5.41) is 7.33. The fourth-order valence-electron chi connectivity index (χ4n) is 2.77. The van der Waals surface area contributed by atoms with Gasteiger partial charge in [-0.25, -0.2) is 0 Å². The lowest BCUT2D eigenvalue weighted by Crippen LogP contribution is -2.52. The van der Waals surface area contributed by atoms with Crippen LogP contribution in [-0.4, -0.2) is 18.2 Å². The fourth-order valence-corrected chi connectivity index (χ4v) is 2.77. The fraction of sp³-hybridized carbons (Fsp3) is 1.00. The lowest BCUT2D eigenvalue weighted by molar-refractivity contribution is 0.183. The molecule has 0 radical (unpaired) electrons. The molecule has 1 saturated heterocycles. The summed E-state index contributed by atoms with van der Waals surface area (Å²) in [5.74, 6) is 0.893. The maximum Gasteiger partial charge on any atom is 0.0692 e. The van der Waals surface area contributed by atoms with Gasteiger partial charge in [0.2, 0.25) is 0 Å². The minimum absolute atomic E-state index is 0.317. The lowest BCUT2D eigenvalue weighted by Gasteiger charge is -2.37. The molecule has 0 aromatic heterocycles. The molecule has 3 atom stereocenters. The summed E-state index contributed by atoms with van der Waals surface area (Å²) < 4.78 is 0. The van der Waals surface area contributed by atoms with Crippen molar-refractivity contribution in [3.8, 4) is 0 Å². The Kier molecular flexibility index (Phi) is 2.13. The minimum Gasteiger partial charge on any atom is -0.298 e. The third-order valence-electron chi connectivity index (χ3n) is 3.27. The van der Waals surface area contributed by atoms with Crippen molar-refractivity contribution in [1.29, 1.82) is 0 Å². The third-order valence-corrected chi connectivity index (χ3v) is 3.27. The molecule has 0 aromatic rings. The first-order valence-corrected chi connectivity index (χ1v) is 5.23. The van der Waals surface area contributed by atoms with Gasteiger partial charge in [0.25, 0.3) is 0 Å². The zero-order chi connectivity index (χ0) is 8.60. The highest BCUT2D eigenvalue weighted by Gasteiger charge is 2.39. The summed E-state index contributed by atoms with van der Waals surface area (Å²) in [7, 11) is 0. The van der Waals surface area contributed by atoms with Crippen LogP contribution >= 0.6 is 0 Å². The van der Waals surface area contributed by atoms with Gasteiger partial charge in [0.05, 0.1) is 5.66 Å². The number of hydrogen-bond acceptors (Lipinski definition) is 2. The van der Waals surface area contributed by atoms with Crippen LogP contribution in [0, 0.1) is 5.92 Å². The van der Waals surface area contributed by atoms with E-state index in [1.807, 2.05) is 0 Å². The first-order chi connectivity index (χ1) is 5.70. The quantitative estimate of drug-likeness (QED) is 0.572. The SMILES string of the molecule is C[C@H]1CCC[C@]2(C1)NC[C@@H](C)N2. The molecule has 12 heavy (non-hydrogen) atoms. The van der Waals surface area contributed by atoms with Crippen molar-refractivity contribution in [2.24, 2.45) is 5.92 Å². The van der Waals surface area contributed by atoms with Gasteiger partial charge in [-0.1, -0.05) is 19.8 Å². The first kappa shape index (κ1) is 8.52.